The van der Waals surface area contributed by atoms with Crippen LogP contribution in [0.5, 0.6) is 0 Å². The Bertz CT molecular complexity index is 1640. The highest BCUT2D eigenvalue weighted by Gasteiger charge is 2.32. The first-order valence-electron chi connectivity index (χ1n) is 14.4. The van der Waals surface area contributed by atoms with Gasteiger partial charge in [-0.2, -0.15) is 0 Å². The molecule has 0 aliphatic carbocycles. The number of aryl methyl sites for hydroxylation is 2. The van der Waals surface area contributed by atoms with Gasteiger partial charge in [-0.25, -0.2) is 9.78 Å². The predicted octanol–water partition coefficient (Wildman–Crippen LogP) is 4.89. The van der Waals surface area contributed by atoms with E-state index >= 15 is 0 Å². The Morgan fingerprint density at radius 3 is 2.34 bits per heavy atom. The molecular formula is C32H37N5O4. The number of benzene rings is 2. The average Bonchev–Trinajstić information content (AvgIpc) is 3.56. The number of H-pyrrole nitrogens is 1. The Kier molecular flexibility index (Phi) is 8.33. The molecule has 9 nitrogen and oxygen atoms in total. The SMILES string of the molecule is CCCCc1nc(C)c(CC(=O)N2C(C)CCC2C)c(=O)n1Cc1ccc(-c2ccccc2-c2noc(=O)[nH]2)cc1. The van der Waals surface area contributed by atoms with Crippen LogP contribution in [0.2, 0.25) is 0 Å². The summed E-state index contributed by atoms with van der Waals surface area (Å²) < 4.78 is 6.44. The van der Waals surface area contributed by atoms with E-state index in [0.717, 1.165) is 53.8 Å². The summed E-state index contributed by atoms with van der Waals surface area (Å²) in [5.74, 6) is 0.505. The number of aromatic amines is 1. The summed E-state index contributed by atoms with van der Waals surface area (Å²) in [6.45, 7) is 8.47. The van der Waals surface area contributed by atoms with Gasteiger partial charge in [0, 0.05) is 35.3 Å². The number of carbonyl (C=O) groups is 1. The second kappa shape index (κ2) is 12.1. The van der Waals surface area contributed by atoms with Crippen molar-refractivity contribution < 1.29 is 9.32 Å². The third-order valence-electron chi connectivity index (χ3n) is 8.10. The summed E-state index contributed by atoms with van der Waals surface area (Å²) in [6.07, 6.45) is 4.66. The fraction of sp³-hybridized carbons (Fsp3) is 0.406. The minimum Gasteiger partial charge on any atom is -0.337 e. The number of aromatic nitrogens is 4. The second-order valence-corrected chi connectivity index (χ2v) is 11.0. The number of hydrogen-bond acceptors (Lipinski definition) is 6. The lowest BCUT2D eigenvalue weighted by molar-refractivity contribution is -0.132. The van der Waals surface area contributed by atoms with Crippen LogP contribution in [-0.4, -0.2) is 42.6 Å². The first kappa shape index (κ1) is 28.3. The average molecular weight is 556 g/mol. The first-order valence-corrected chi connectivity index (χ1v) is 14.4. The van der Waals surface area contributed by atoms with E-state index in [0.29, 0.717) is 30.0 Å². The van der Waals surface area contributed by atoms with Crippen LogP contribution in [-0.2, 0) is 24.2 Å². The topological polar surface area (TPSA) is 114 Å². The monoisotopic (exact) mass is 555 g/mol. The molecule has 1 aliphatic rings. The van der Waals surface area contributed by atoms with Crippen molar-refractivity contribution in [2.24, 2.45) is 0 Å². The van der Waals surface area contributed by atoms with E-state index in [9.17, 15) is 14.4 Å². The second-order valence-electron chi connectivity index (χ2n) is 11.0. The van der Waals surface area contributed by atoms with Crippen LogP contribution >= 0.6 is 0 Å². The molecule has 4 aromatic rings. The number of nitrogens with one attached hydrogen (secondary N) is 1. The Balaban J connectivity index is 1.45. The molecule has 0 radical (unpaired) electrons. The molecule has 214 valence electrons. The van der Waals surface area contributed by atoms with Crippen LogP contribution in [0.1, 0.15) is 69.1 Å². The molecule has 5 rings (SSSR count). The molecule has 2 unspecified atom stereocenters. The standard InChI is InChI=1S/C32H37N5O4/c1-5-6-11-28-33-22(4)27(18-29(38)37-20(2)12-13-21(37)3)31(39)36(28)19-23-14-16-24(17-15-23)25-9-7-8-10-26(25)30-34-32(40)41-35-30/h7-10,14-17,20-21H,5-6,11-13,18-19H2,1-4H3,(H,34,35,40). The molecule has 2 atom stereocenters. The molecule has 0 bridgehead atoms. The molecule has 2 aromatic carbocycles. The van der Waals surface area contributed by atoms with E-state index in [-0.39, 0.29) is 30.0 Å². The molecule has 0 saturated carbocycles. The Labute approximate surface area is 239 Å². The van der Waals surface area contributed by atoms with Gasteiger partial charge >= 0.3 is 5.76 Å². The minimum absolute atomic E-state index is 0.00571. The molecule has 1 amide bonds. The zero-order valence-corrected chi connectivity index (χ0v) is 24.1. The van der Waals surface area contributed by atoms with Crippen molar-refractivity contribution in [1.29, 1.82) is 0 Å². The van der Waals surface area contributed by atoms with Gasteiger partial charge in [0.05, 0.1) is 13.0 Å². The lowest BCUT2D eigenvalue weighted by Crippen LogP contribution is -2.41. The summed E-state index contributed by atoms with van der Waals surface area (Å²) in [6, 6.07) is 16.0. The molecule has 2 aromatic heterocycles. The van der Waals surface area contributed by atoms with Gasteiger partial charge in [-0.1, -0.05) is 67.0 Å². The van der Waals surface area contributed by atoms with Gasteiger partial charge in [0.15, 0.2) is 5.82 Å². The van der Waals surface area contributed by atoms with Gasteiger partial charge in [0.2, 0.25) is 5.91 Å². The van der Waals surface area contributed by atoms with E-state index in [1.54, 1.807) is 4.57 Å². The number of unbranched alkanes of at least 4 members (excludes halogenated alkanes) is 1. The lowest BCUT2D eigenvalue weighted by Gasteiger charge is -2.26. The lowest BCUT2D eigenvalue weighted by atomic mass is 9.98. The minimum atomic E-state index is -0.605. The molecule has 9 heteroatoms. The van der Waals surface area contributed by atoms with Crippen molar-refractivity contribution in [3.8, 4) is 22.5 Å². The highest BCUT2D eigenvalue weighted by molar-refractivity contribution is 5.81. The maximum absolute atomic E-state index is 13.9. The van der Waals surface area contributed by atoms with Crippen molar-refractivity contribution in [3.05, 3.63) is 92.1 Å². The maximum Gasteiger partial charge on any atom is 0.439 e. The Hall–Kier alpha value is -4.27. The molecule has 1 N–H and O–H groups in total. The number of rotatable bonds is 9. The van der Waals surface area contributed by atoms with Crippen LogP contribution in [0.3, 0.4) is 0 Å². The normalized spacial score (nSPS) is 16.8. The quantitative estimate of drug-likeness (QED) is 0.314. The first-order chi connectivity index (χ1) is 19.8. The fourth-order valence-electron chi connectivity index (χ4n) is 5.84. The van der Waals surface area contributed by atoms with Crippen molar-refractivity contribution in [2.45, 2.75) is 84.8 Å². The van der Waals surface area contributed by atoms with Gasteiger partial charge in [0.25, 0.3) is 5.56 Å². The number of hydrogen-bond donors (Lipinski definition) is 1. The third-order valence-corrected chi connectivity index (χ3v) is 8.10. The van der Waals surface area contributed by atoms with E-state index < -0.39 is 5.76 Å². The van der Waals surface area contributed by atoms with E-state index in [1.807, 2.05) is 60.4 Å². The van der Waals surface area contributed by atoms with Crippen molar-refractivity contribution in [3.63, 3.8) is 0 Å². The summed E-state index contributed by atoms with van der Waals surface area (Å²) >= 11 is 0. The number of amides is 1. The molecule has 3 heterocycles. The van der Waals surface area contributed by atoms with Gasteiger partial charge in [0.1, 0.15) is 5.82 Å². The highest BCUT2D eigenvalue weighted by atomic mass is 16.5. The van der Waals surface area contributed by atoms with Gasteiger partial charge < -0.3 is 4.90 Å². The molecule has 1 saturated heterocycles. The molecule has 0 spiro atoms. The smallest absolute Gasteiger partial charge is 0.337 e. The Morgan fingerprint density at radius 2 is 1.71 bits per heavy atom. The zero-order valence-electron chi connectivity index (χ0n) is 24.1. The molecule has 1 fully saturated rings. The number of carbonyl (C=O) groups excluding carboxylic acids is 1. The van der Waals surface area contributed by atoms with Gasteiger partial charge in [-0.05, 0) is 56.7 Å². The third kappa shape index (κ3) is 5.94. The maximum atomic E-state index is 13.9. The van der Waals surface area contributed by atoms with Crippen LogP contribution in [0.4, 0.5) is 0 Å². The van der Waals surface area contributed by atoms with E-state index in [1.165, 1.54) is 0 Å². The van der Waals surface area contributed by atoms with Crippen LogP contribution < -0.4 is 11.3 Å². The van der Waals surface area contributed by atoms with Gasteiger partial charge in [-0.3, -0.25) is 23.7 Å². The predicted molar refractivity (Wildman–Crippen MR) is 158 cm³/mol. The van der Waals surface area contributed by atoms with Crippen LogP contribution in [0.15, 0.2) is 62.6 Å². The number of likely N-dealkylation sites (tertiary alicyclic amines) is 1. The van der Waals surface area contributed by atoms with Gasteiger partial charge in [-0.15, -0.1) is 0 Å². The zero-order chi connectivity index (χ0) is 29.1. The van der Waals surface area contributed by atoms with Crippen molar-refractivity contribution in [2.75, 3.05) is 0 Å². The van der Waals surface area contributed by atoms with E-state index in [4.69, 9.17) is 9.51 Å². The van der Waals surface area contributed by atoms with E-state index in [2.05, 4.69) is 30.9 Å². The summed E-state index contributed by atoms with van der Waals surface area (Å²) in [4.78, 5) is 48.1. The number of nitrogens with zero attached hydrogens (tertiary/aromatic N) is 4. The summed E-state index contributed by atoms with van der Waals surface area (Å²) in [7, 11) is 0. The molecular weight excluding hydrogens is 518 g/mol. The van der Waals surface area contributed by atoms with Crippen LogP contribution in [0, 0.1) is 6.92 Å². The summed E-state index contributed by atoms with van der Waals surface area (Å²) in [5.41, 5.74) is 4.52. The summed E-state index contributed by atoms with van der Waals surface area (Å²) in [5, 5.41) is 3.84. The highest BCUT2D eigenvalue weighted by Crippen LogP contribution is 2.30. The molecule has 41 heavy (non-hydrogen) atoms. The van der Waals surface area contributed by atoms with Crippen molar-refractivity contribution in [1.82, 2.24) is 24.6 Å². The largest absolute Gasteiger partial charge is 0.439 e. The fourth-order valence-corrected chi connectivity index (χ4v) is 5.84. The van der Waals surface area contributed by atoms with Crippen molar-refractivity contribution >= 4 is 5.91 Å². The molecule has 1 aliphatic heterocycles. The Morgan fingerprint density at radius 1 is 1.02 bits per heavy atom. The van der Waals surface area contributed by atoms with Crippen LogP contribution in [0.25, 0.3) is 22.5 Å².